The smallest absolute Gasteiger partial charge is 0.428 e. The van der Waals surface area contributed by atoms with Gasteiger partial charge in [0.1, 0.15) is 23.5 Å². The zero-order valence-electron chi connectivity index (χ0n) is 19.7. The second-order valence-electron chi connectivity index (χ2n) is 8.34. The van der Waals surface area contributed by atoms with Crippen LogP contribution in [0.5, 0.6) is 5.75 Å². The number of nitrogens with one attached hydrogen (secondary N) is 2. The van der Waals surface area contributed by atoms with Gasteiger partial charge in [0.05, 0.1) is 12.1 Å². The minimum absolute atomic E-state index is 0.0344. The number of alkyl halides is 6. The van der Waals surface area contributed by atoms with Crippen LogP contribution in [-0.4, -0.2) is 31.0 Å². The van der Waals surface area contributed by atoms with E-state index in [2.05, 4.69) is 10.1 Å². The first kappa shape index (κ1) is 29.2. The van der Waals surface area contributed by atoms with Crippen LogP contribution in [0.1, 0.15) is 16.7 Å². The summed E-state index contributed by atoms with van der Waals surface area (Å²) in [4.78, 5) is 12.8. The quantitative estimate of drug-likeness (QED) is 0.294. The molecule has 1 atom stereocenters. The Balaban J connectivity index is 2.21. The fourth-order valence-electron chi connectivity index (χ4n) is 3.73. The summed E-state index contributed by atoms with van der Waals surface area (Å²) < 4.78 is 112. The molecule has 13 heteroatoms. The highest BCUT2D eigenvalue weighted by Gasteiger charge is 2.45. The normalized spacial score (nSPS) is 13.3. The summed E-state index contributed by atoms with van der Waals surface area (Å²) in [6.07, 6.45) is -9.55. The highest BCUT2D eigenvalue weighted by molar-refractivity contribution is 5.76. The van der Waals surface area contributed by atoms with E-state index in [-0.39, 0.29) is 17.5 Å². The number of nitrogens with zero attached hydrogens (tertiary/aromatic N) is 1. The lowest BCUT2D eigenvalue weighted by Gasteiger charge is -2.37. The lowest BCUT2D eigenvalue weighted by Crippen LogP contribution is -2.53. The van der Waals surface area contributed by atoms with Crippen molar-refractivity contribution < 1.29 is 44.7 Å². The van der Waals surface area contributed by atoms with Crippen molar-refractivity contribution in [2.24, 2.45) is 0 Å². The molecule has 0 aliphatic heterocycles. The number of halogens is 8. The van der Waals surface area contributed by atoms with Gasteiger partial charge in [0.15, 0.2) is 0 Å². The molecule has 0 aliphatic carbocycles. The number of ether oxygens (including phenoxy) is 1. The van der Waals surface area contributed by atoms with Crippen molar-refractivity contribution in [2.75, 3.05) is 6.54 Å². The molecule has 0 spiro atoms. The molecule has 0 bridgehead atoms. The molecule has 0 unspecified atom stereocenters. The van der Waals surface area contributed by atoms with E-state index in [9.17, 15) is 39.9 Å². The molecule has 0 saturated carbocycles. The first-order valence-electron chi connectivity index (χ1n) is 11.1. The second kappa shape index (κ2) is 11.6. The summed E-state index contributed by atoms with van der Waals surface area (Å²) >= 11 is 0. The number of carbonyl (C=O) groups excluding carboxylic acids is 1. The molecular weight excluding hydrogens is 538 g/mol. The molecule has 5 nitrogen and oxygen atoms in total. The third-order valence-corrected chi connectivity index (χ3v) is 5.48. The van der Waals surface area contributed by atoms with Gasteiger partial charge in [-0.05, 0) is 41.0 Å². The molecule has 206 valence electrons. The molecule has 3 aromatic rings. The molecule has 0 fully saturated rings. The molecule has 0 saturated heterocycles. The van der Waals surface area contributed by atoms with E-state index in [1.807, 2.05) is 5.32 Å². The Morgan fingerprint density at radius 2 is 1.54 bits per heavy atom. The summed E-state index contributed by atoms with van der Waals surface area (Å²) in [7, 11) is 0. The highest BCUT2D eigenvalue weighted by atomic mass is 19.3. The number of hydrogen-bond donors (Lipinski definition) is 2. The van der Waals surface area contributed by atoms with Crippen LogP contribution >= 0.6 is 0 Å². The standard InChI is InChI=1S/C26H19F8N3O2/c27-19-8-6-17(7-9-19)25(13-16-4-2-1-3-5-16,37-23(38)36-15-24(31,32)14-35)18-10-20(28)12-21(11-18)39-26(33,34)22(29)30/h1-12,22H,13,15H2,(H2,36,37,38)/t25-/m1/s1. The fourth-order valence-corrected chi connectivity index (χ4v) is 3.73. The topological polar surface area (TPSA) is 74.2 Å². The largest absolute Gasteiger partial charge is 0.461 e. The van der Waals surface area contributed by atoms with Crippen molar-refractivity contribution in [1.29, 1.82) is 5.26 Å². The number of hydrogen-bond acceptors (Lipinski definition) is 3. The Hall–Kier alpha value is -4.34. The van der Waals surface area contributed by atoms with Crippen molar-refractivity contribution in [1.82, 2.24) is 10.6 Å². The maximum absolute atomic E-state index is 14.7. The lowest BCUT2D eigenvalue weighted by molar-refractivity contribution is -0.253. The molecule has 3 rings (SSSR count). The molecule has 0 heterocycles. The third-order valence-electron chi connectivity index (χ3n) is 5.48. The van der Waals surface area contributed by atoms with Gasteiger partial charge in [0.25, 0.3) is 0 Å². The van der Waals surface area contributed by atoms with Crippen LogP contribution in [0, 0.1) is 23.0 Å². The number of nitriles is 1. The van der Waals surface area contributed by atoms with E-state index >= 15 is 0 Å². The zero-order valence-corrected chi connectivity index (χ0v) is 19.7. The molecule has 0 aliphatic rings. The number of urea groups is 1. The average Bonchev–Trinajstić information content (AvgIpc) is 2.87. The number of rotatable bonds is 10. The Morgan fingerprint density at radius 1 is 0.897 bits per heavy atom. The molecule has 39 heavy (non-hydrogen) atoms. The van der Waals surface area contributed by atoms with E-state index in [4.69, 9.17) is 5.26 Å². The molecular formula is C26H19F8N3O2. The van der Waals surface area contributed by atoms with Crippen molar-refractivity contribution in [3.05, 3.63) is 101 Å². The second-order valence-corrected chi connectivity index (χ2v) is 8.34. The minimum Gasteiger partial charge on any atom is -0.428 e. The maximum Gasteiger partial charge on any atom is 0.461 e. The Labute approximate surface area is 217 Å². The van der Waals surface area contributed by atoms with Crippen LogP contribution in [0.25, 0.3) is 0 Å². The van der Waals surface area contributed by atoms with Gasteiger partial charge >= 0.3 is 24.5 Å². The lowest BCUT2D eigenvalue weighted by atomic mass is 9.77. The monoisotopic (exact) mass is 557 g/mol. The molecule has 3 aromatic carbocycles. The molecule has 2 N–H and O–H groups in total. The summed E-state index contributed by atoms with van der Waals surface area (Å²) in [5.74, 6) is -6.93. The van der Waals surface area contributed by atoms with E-state index in [0.29, 0.717) is 17.7 Å². The third kappa shape index (κ3) is 7.37. The van der Waals surface area contributed by atoms with Gasteiger partial charge in [-0.15, -0.1) is 0 Å². The SMILES string of the molecule is N#CC(F)(F)CNC(=O)N[C@](Cc1ccccc1)(c1ccc(F)cc1)c1cc(F)cc(OC(F)(F)C(F)F)c1. The van der Waals surface area contributed by atoms with Gasteiger partial charge in [0, 0.05) is 12.5 Å². The number of benzene rings is 3. The summed E-state index contributed by atoms with van der Waals surface area (Å²) in [6.45, 7) is -1.42. The van der Waals surface area contributed by atoms with E-state index in [1.165, 1.54) is 12.1 Å². The Kier molecular flexibility index (Phi) is 8.68. The van der Waals surface area contributed by atoms with E-state index in [0.717, 1.165) is 24.3 Å². The summed E-state index contributed by atoms with van der Waals surface area (Å²) in [5, 5.41) is 12.7. The number of carbonyl (C=O) groups is 1. The first-order valence-corrected chi connectivity index (χ1v) is 11.1. The predicted octanol–water partition coefficient (Wildman–Crippen LogP) is 6.15. The first-order chi connectivity index (χ1) is 18.3. The maximum atomic E-state index is 14.7. The zero-order chi connectivity index (χ0) is 28.8. The van der Waals surface area contributed by atoms with E-state index in [1.54, 1.807) is 30.3 Å². The van der Waals surface area contributed by atoms with Crippen molar-refractivity contribution in [3.63, 3.8) is 0 Å². The van der Waals surface area contributed by atoms with Crippen molar-refractivity contribution in [3.8, 4) is 11.8 Å². The van der Waals surface area contributed by atoms with Crippen molar-refractivity contribution in [2.45, 2.75) is 30.4 Å². The predicted molar refractivity (Wildman–Crippen MR) is 122 cm³/mol. The fraction of sp³-hybridized carbons (Fsp3) is 0.231. The highest BCUT2D eigenvalue weighted by Crippen LogP contribution is 2.38. The molecule has 0 aromatic heterocycles. The van der Waals surface area contributed by atoms with Crippen LogP contribution in [0.3, 0.4) is 0 Å². The number of amides is 2. The van der Waals surface area contributed by atoms with Gasteiger partial charge in [-0.1, -0.05) is 42.5 Å². The van der Waals surface area contributed by atoms with Crippen molar-refractivity contribution >= 4 is 6.03 Å². The van der Waals surface area contributed by atoms with Gasteiger partial charge in [0.2, 0.25) is 0 Å². The van der Waals surface area contributed by atoms with E-state index < -0.39 is 54.0 Å². The van der Waals surface area contributed by atoms with Gasteiger partial charge in [-0.3, -0.25) is 0 Å². The van der Waals surface area contributed by atoms with Gasteiger partial charge in [-0.25, -0.2) is 13.6 Å². The van der Waals surface area contributed by atoms with Crippen LogP contribution in [0.4, 0.5) is 39.9 Å². The Bertz CT molecular complexity index is 1330. The van der Waals surface area contributed by atoms with Gasteiger partial charge in [-0.2, -0.15) is 31.6 Å². The average molecular weight is 557 g/mol. The Morgan fingerprint density at radius 3 is 2.13 bits per heavy atom. The molecule has 0 radical (unpaired) electrons. The van der Waals surface area contributed by atoms with Crippen LogP contribution in [-0.2, 0) is 12.0 Å². The molecule has 2 amide bonds. The van der Waals surface area contributed by atoms with Crippen LogP contribution < -0.4 is 15.4 Å². The van der Waals surface area contributed by atoms with Crippen LogP contribution in [0.15, 0.2) is 72.8 Å². The summed E-state index contributed by atoms with van der Waals surface area (Å²) in [6, 6.07) is 13.6. The minimum atomic E-state index is -5.00. The van der Waals surface area contributed by atoms with Crippen LogP contribution in [0.2, 0.25) is 0 Å². The van der Waals surface area contributed by atoms with Gasteiger partial charge < -0.3 is 15.4 Å². The summed E-state index contributed by atoms with van der Waals surface area (Å²) in [5.41, 5.74) is -1.83.